The molecule has 2 aliphatic rings. The number of rotatable bonds is 6. The molecule has 2 aromatic heterocycles. The molecule has 6 nitrogen and oxygen atoms in total. The van der Waals surface area contributed by atoms with Crippen LogP contribution in [0.25, 0.3) is 0 Å². The second-order valence-corrected chi connectivity index (χ2v) is 6.61. The van der Waals surface area contributed by atoms with Gasteiger partial charge in [-0.15, -0.1) is 0 Å². The van der Waals surface area contributed by atoms with E-state index in [1.165, 1.54) is 19.0 Å². The van der Waals surface area contributed by atoms with Crippen molar-refractivity contribution in [1.82, 2.24) is 15.0 Å². The van der Waals surface area contributed by atoms with E-state index in [1.54, 1.807) is 12.3 Å². The van der Waals surface area contributed by atoms with Crippen LogP contribution in [0.3, 0.4) is 0 Å². The lowest BCUT2D eigenvalue weighted by atomic mass is 10.0. The Morgan fingerprint density at radius 1 is 1.29 bits per heavy atom. The quantitative estimate of drug-likeness (QED) is 0.814. The Balaban J connectivity index is 1.51. The van der Waals surface area contributed by atoms with Crippen molar-refractivity contribution in [2.45, 2.75) is 37.8 Å². The van der Waals surface area contributed by atoms with Gasteiger partial charge in [0.05, 0.1) is 18.3 Å². The van der Waals surface area contributed by atoms with E-state index < -0.39 is 0 Å². The second-order valence-electron chi connectivity index (χ2n) is 6.61. The summed E-state index contributed by atoms with van der Waals surface area (Å²) >= 11 is 0. The predicted octanol–water partition coefficient (Wildman–Crippen LogP) is 2.32. The third kappa shape index (κ3) is 3.33. The summed E-state index contributed by atoms with van der Waals surface area (Å²) in [6.07, 6.45) is 9.31. The van der Waals surface area contributed by atoms with E-state index in [0.717, 1.165) is 25.0 Å². The van der Waals surface area contributed by atoms with Crippen LogP contribution in [0.5, 0.6) is 0 Å². The van der Waals surface area contributed by atoms with Crippen molar-refractivity contribution < 1.29 is 14.1 Å². The highest BCUT2D eigenvalue weighted by Crippen LogP contribution is 2.32. The Hall–Kier alpha value is -2.21. The van der Waals surface area contributed by atoms with Crippen molar-refractivity contribution in [3.63, 3.8) is 0 Å². The number of likely N-dealkylation sites (tertiary alicyclic amines) is 1. The van der Waals surface area contributed by atoms with Gasteiger partial charge >= 0.3 is 0 Å². The molecule has 126 valence electrons. The second kappa shape index (κ2) is 6.73. The van der Waals surface area contributed by atoms with Gasteiger partial charge in [-0.25, -0.2) is 0 Å². The summed E-state index contributed by atoms with van der Waals surface area (Å²) in [6.45, 7) is 1.48. The molecule has 1 saturated heterocycles. The van der Waals surface area contributed by atoms with Crippen molar-refractivity contribution in [3.05, 3.63) is 48.1 Å². The predicted molar refractivity (Wildman–Crippen MR) is 86.3 cm³/mol. The number of hydrogen-bond donors (Lipinski definition) is 0. The van der Waals surface area contributed by atoms with Crippen LogP contribution in [0.4, 0.5) is 0 Å². The molecule has 3 heterocycles. The van der Waals surface area contributed by atoms with Gasteiger partial charge in [0, 0.05) is 31.6 Å². The minimum atomic E-state index is -0.112. The lowest BCUT2D eigenvalue weighted by Gasteiger charge is -2.27. The Kier molecular flexibility index (Phi) is 4.30. The fraction of sp³-hybridized carbons (Fsp3) is 0.500. The SMILES string of the molecule is O=C(c1ccno1)N1CC[C@@H](OCC2CC2)[C@@H]1Cc1cccnc1. The first-order valence-electron chi connectivity index (χ1n) is 8.53. The molecule has 6 heteroatoms. The molecule has 0 N–H and O–H groups in total. The van der Waals surface area contributed by atoms with Crippen molar-refractivity contribution in [2.75, 3.05) is 13.2 Å². The maximum Gasteiger partial charge on any atom is 0.292 e. The van der Waals surface area contributed by atoms with Gasteiger partial charge in [0.2, 0.25) is 5.76 Å². The van der Waals surface area contributed by atoms with E-state index in [2.05, 4.69) is 10.1 Å². The van der Waals surface area contributed by atoms with Crippen LogP contribution in [0, 0.1) is 5.92 Å². The Bertz CT molecular complexity index is 670. The van der Waals surface area contributed by atoms with E-state index in [4.69, 9.17) is 9.26 Å². The van der Waals surface area contributed by atoms with Gasteiger partial charge in [-0.1, -0.05) is 11.2 Å². The summed E-state index contributed by atoms with van der Waals surface area (Å²) in [7, 11) is 0. The number of carbonyl (C=O) groups is 1. The molecule has 1 saturated carbocycles. The Labute approximate surface area is 140 Å². The molecule has 0 spiro atoms. The minimum Gasteiger partial charge on any atom is -0.376 e. The molecular weight excluding hydrogens is 306 g/mol. The molecule has 2 atom stereocenters. The normalized spacial score (nSPS) is 23.6. The van der Waals surface area contributed by atoms with Crippen LogP contribution in [0.2, 0.25) is 0 Å². The van der Waals surface area contributed by atoms with Crippen molar-refractivity contribution in [2.24, 2.45) is 5.92 Å². The maximum atomic E-state index is 12.7. The number of amides is 1. The summed E-state index contributed by atoms with van der Waals surface area (Å²) < 4.78 is 11.2. The molecule has 24 heavy (non-hydrogen) atoms. The van der Waals surface area contributed by atoms with Crippen LogP contribution in [-0.2, 0) is 11.2 Å². The number of ether oxygens (including phenoxy) is 1. The summed E-state index contributed by atoms with van der Waals surface area (Å²) in [5, 5.41) is 3.65. The van der Waals surface area contributed by atoms with Gasteiger partial charge in [0.1, 0.15) is 0 Å². The molecular formula is C18H21N3O3. The number of aromatic nitrogens is 2. The molecule has 1 amide bonds. The highest BCUT2D eigenvalue weighted by Gasteiger charge is 2.39. The van der Waals surface area contributed by atoms with Gasteiger partial charge in [0.25, 0.3) is 5.91 Å². The van der Waals surface area contributed by atoms with Crippen molar-refractivity contribution in [1.29, 1.82) is 0 Å². The van der Waals surface area contributed by atoms with Gasteiger partial charge < -0.3 is 14.2 Å². The van der Waals surface area contributed by atoms with E-state index in [-0.39, 0.29) is 23.8 Å². The first-order chi connectivity index (χ1) is 11.8. The lowest BCUT2D eigenvalue weighted by molar-refractivity contribution is 0.0190. The molecule has 0 aromatic carbocycles. The number of carbonyl (C=O) groups excluding carboxylic acids is 1. The fourth-order valence-corrected chi connectivity index (χ4v) is 3.29. The highest BCUT2D eigenvalue weighted by molar-refractivity contribution is 5.91. The number of hydrogen-bond acceptors (Lipinski definition) is 5. The number of nitrogens with zero attached hydrogens (tertiary/aromatic N) is 3. The van der Waals surface area contributed by atoms with Crippen LogP contribution < -0.4 is 0 Å². The summed E-state index contributed by atoms with van der Waals surface area (Å²) in [4.78, 5) is 18.8. The fourth-order valence-electron chi connectivity index (χ4n) is 3.29. The molecule has 1 aliphatic carbocycles. The average molecular weight is 327 g/mol. The molecule has 2 aromatic rings. The van der Waals surface area contributed by atoms with Crippen molar-refractivity contribution >= 4 is 5.91 Å². The molecule has 0 unspecified atom stereocenters. The van der Waals surface area contributed by atoms with E-state index >= 15 is 0 Å². The summed E-state index contributed by atoms with van der Waals surface area (Å²) in [5.41, 5.74) is 1.11. The Morgan fingerprint density at radius 3 is 2.92 bits per heavy atom. The molecule has 0 radical (unpaired) electrons. The zero-order valence-corrected chi connectivity index (χ0v) is 13.5. The Morgan fingerprint density at radius 2 is 2.21 bits per heavy atom. The highest BCUT2D eigenvalue weighted by atomic mass is 16.5. The minimum absolute atomic E-state index is 0.00514. The first-order valence-corrected chi connectivity index (χ1v) is 8.53. The van der Waals surface area contributed by atoms with Crippen molar-refractivity contribution in [3.8, 4) is 0 Å². The zero-order valence-electron chi connectivity index (χ0n) is 13.5. The van der Waals surface area contributed by atoms with Crippen LogP contribution in [0.1, 0.15) is 35.4 Å². The smallest absolute Gasteiger partial charge is 0.292 e. The van der Waals surface area contributed by atoms with Crippen LogP contribution >= 0.6 is 0 Å². The topological polar surface area (TPSA) is 68.5 Å². The first kappa shape index (κ1) is 15.3. The van der Waals surface area contributed by atoms with Gasteiger partial charge in [-0.05, 0) is 43.2 Å². The molecule has 2 fully saturated rings. The van der Waals surface area contributed by atoms with Gasteiger partial charge in [-0.3, -0.25) is 9.78 Å². The third-order valence-electron chi connectivity index (χ3n) is 4.80. The van der Waals surface area contributed by atoms with Gasteiger partial charge in [0.15, 0.2) is 0 Å². The largest absolute Gasteiger partial charge is 0.376 e. The van der Waals surface area contributed by atoms with E-state index in [9.17, 15) is 4.79 Å². The van der Waals surface area contributed by atoms with Gasteiger partial charge in [-0.2, -0.15) is 0 Å². The zero-order chi connectivity index (χ0) is 16.4. The summed E-state index contributed by atoms with van der Waals surface area (Å²) in [5.74, 6) is 0.885. The van der Waals surface area contributed by atoms with E-state index in [0.29, 0.717) is 12.5 Å². The van der Waals surface area contributed by atoms with E-state index in [1.807, 2.05) is 23.2 Å². The summed E-state index contributed by atoms with van der Waals surface area (Å²) in [6, 6.07) is 5.58. The van der Waals surface area contributed by atoms with Crippen LogP contribution in [-0.4, -0.2) is 46.2 Å². The molecule has 4 rings (SSSR count). The maximum absolute atomic E-state index is 12.7. The standard InChI is InChI=1S/C18H21N3O3/c22-18(17-5-8-20-24-17)21-9-6-16(23-12-13-3-4-13)15(21)10-14-2-1-7-19-11-14/h1-2,5,7-8,11,13,15-16H,3-4,6,9-10,12H2/t15-,16+/m0/s1. The monoisotopic (exact) mass is 327 g/mol. The molecule has 0 bridgehead atoms. The number of pyridine rings is 1. The third-order valence-corrected chi connectivity index (χ3v) is 4.80. The average Bonchev–Trinajstić information content (AvgIpc) is 3.12. The van der Waals surface area contributed by atoms with Crippen LogP contribution in [0.15, 0.2) is 41.3 Å². The lowest BCUT2D eigenvalue weighted by Crippen LogP contribution is -2.42. The molecule has 1 aliphatic heterocycles.